The number of carbonyl (C=O) groups excluding carboxylic acids is 2. The zero-order valence-corrected chi connectivity index (χ0v) is 12.1. The number of carbonyl (C=O) groups is 2. The van der Waals surface area contributed by atoms with Gasteiger partial charge >= 0.3 is 0 Å². The number of likely N-dealkylation sites (N-methyl/N-ethyl adjacent to an activating group) is 2. The average molecular weight is 279 g/mol. The van der Waals surface area contributed by atoms with Crippen LogP contribution in [0.4, 0.5) is 11.5 Å². The molecule has 0 atom stereocenters. The Kier molecular flexibility index (Phi) is 5.31. The van der Waals surface area contributed by atoms with Crippen molar-refractivity contribution in [3.63, 3.8) is 0 Å². The first kappa shape index (κ1) is 15.7. The fraction of sp³-hybridized carbons (Fsp3) is 0.462. The Bertz CT molecular complexity index is 500. The Morgan fingerprint density at radius 3 is 2.40 bits per heavy atom. The highest BCUT2D eigenvalue weighted by Crippen LogP contribution is 2.18. The predicted octanol–water partition coefficient (Wildman–Crippen LogP) is 0.0673. The first-order valence-electron chi connectivity index (χ1n) is 6.44. The average Bonchev–Trinajstić information content (AvgIpc) is 2.39. The number of nitrogen functional groups attached to an aromatic ring is 1. The number of rotatable bonds is 6. The van der Waals surface area contributed by atoms with Crippen molar-refractivity contribution in [2.75, 3.05) is 37.3 Å². The third-order valence-electron chi connectivity index (χ3n) is 3.00. The van der Waals surface area contributed by atoms with Crippen molar-refractivity contribution in [1.29, 1.82) is 0 Å². The summed E-state index contributed by atoms with van der Waals surface area (Å²) in [4.78, 5) is 30.9. The summed E-state index contributed by atoms with van der Waals surface area (Å²) in [7, 11) is 1.69. The summed E-state index contributed by atoms with van der Waals surface area (Å²) in [6, 6.07) is 1.46. The Hall–Kier alpha value is -2.31. The second-order valence-electron chi connectivity index (χ2n) is 4.43. The van der Waals surface area contributed by atoms with E-state index in [1.807, 2.05) is 13.8 Å². The summed E-state index contributed by atoms with van der Waals surface area (Å²) in [5.41, 5.74) is 11.5. The zero-order chi connectivity index (χ0) is 15.3. The van der Waals surface area contributed by atoms with Crippen LogP contribution in [0.25, 0.3) is 0 Å². The lowest BCUT2D eigenvalue weighted by molar-refractivity contribution is -0.129. The van der Waals surface area contributed by atoms with E-state index in [1.54, 1.807) is 16.8 Å². The quantitative estimate of drug-likeness (QED) is 0.766. The highest BCUT2D eigenvalue weighted by atomic mass is 16.2. The van der Waals surface area contributed by atoms with Crippen LogP contribution in [0.5, 0.6) is 0 Å². The zero-order valence-electron chi connectivity index (χ0n) is 12.1. The lowest BCUT2D eigenvalue weighted by Gasteiger charge is -2.24. The lowest BCUT2D eigenvalue weighted by atomic mass is 10.2. The van der Waals surface area contributed by atoms with Gasteiger partial charge in [-0.05, 0) is 19.9 Å². The van der Waals surface area contributed by atoms with Crippen LogP contribution >= 0.6 is 0 Å². The van der Waals surface area contributed by atoms with Crippen LogP contribution in [0.15, 0.2) is 12.3 Å². The monoisotopic (exact) mass is 279 g/mol. The molecule has 1 rings (SSSR count). The molecule has 1 heterocycles. The van der Waals surface area contributed by atoms with E-state index in [0.29, 0.717) is 24.6 Å². The predicted molar refractivity (Wildman–Crippen MR) is 78.4 cm³/mol. The van der Waals surface area contributed by atoms with Gasteiger partial charge in [0.15, 0.2) is 0 Å². The largest absolute Gasteiger partial charge is 0.397 e. The van der Waals surface area contributed by atoms with Crippen LogP contribution in [0.1, 0.15) is 24.2 Å². The number of nitrogens with zero attached hydrogens (tertiary/aromatic N) is 3. The van der Waals surface area contributed by atoms with Gasteiger partial charge in [-0.1, -0.05) is 0 Å². The molecule has 0 bridgehead atoms. The number of hydrogen-bond donors (Lipinski definition) is 2. The molecule has 0 unspecified atom stereocenters. The Labute approximate surface area is 118 Å². The van der Waals surface area contributed by atoms with Crippen molar-refractivity contribution in [2.45, 2.75) is 13.8 Å². The molecule has 1 aromatic heterocycles. The van der Waals surface area contributed by atoms with Crippen LogP contribution < -0.4 is 16.4 Å². The maximum atomic E-state index is 12.1. The van der Waals surface area contributed by atoms with Crippen molar-refractivity contribution in [1.82, 2.24) is 9.88 Å². The van der Waals surface area contributed by atoms with Crippen LogP contribution in [0.3, 0.4) is 0 Å². The van der Waals surface area contributed by atoms with Gasteiger partial charge in [-0.25, -0.2) is 4.98 Å². The molecule has 0 aromatic carbocycles. The Morgan fingerprint density at radius 2 is 1.90 bits per heavy atom. The molecule has 20 heavy (non-hydrogen) atoms. The summed E-state index contributed by atoms with van der Waals surface area (Å²) < 4.78 is 0. The van der Waals surface area contributed by atoms with Gasteiger partial charge in [0, 0.05) is 20.1 Å². The molecule has 7 heteroatoms. The number of amides is 2. The molecule has 0 radical (unpaired) electrons. The van der Waals surface area contributed by atoms with Crippen molar-refractivity contribution in [3.05, 3.63) is 17.8 Å². The topological polar surface area (TPSA) is 106 Å². The van der Waals surface area contributed by atoms with Gasteiger partial charge in [0.1, 0.15) is 5.82 Å². The van der Waals surface area contributed by atoms with Gasteiger partial charge < -0.3 is 21.3 Å². The molecule has 7 nitrogen and oxygen atoms in total. The van der Waals surface area contributed by atoms with Gasteiger partial charge in [0.05, 0.1) is 24.0 Å². The van der Waals surface area contributed by atoms with E-state index in [4.69, 9.17) is 11.5 Å². The van der Waals surface area contributed by atoms with E-state index in [0.717, 1.165) is 0 Å². The van der Waals surface area contributed by atoms with E-state index in [-0.39, 0.29) is 18.0 Å². The summed E-state index contributed by atoms with van der Waals surface area (Å²) in [6.07, 6.45) is 1.43. The molecule has 0 aliphatic carbocycles. The molecule has 0 aliphatic heterocycles. The molecule has 2 amide bonds. The first-order chi connectivity index (χ1) is 9.40. The van der Waals surface area contributed by atoms with Crippen molar-refractivity contribution in [2.24, 2.45) is 5.73 Å². The van der Waals surface area contributed by atoms with Crippen molar-refractivity contribution < 1.29 is 9.59 Å². The fourth-order valence-electron chi connectivity index (χ4n) is 1.91. The summed E-state index contributed by atoms with van der Waals surface area (Å²) in [5.74, 6) is -0.305. The second-order valence-corrected chi connectivity index (χ2v) is 4.43. The summed E-state index contributed by atoms with van der Waals surface area (Å²) in [5, 5.41) is 0. The number of hydrogen-bond acceptors (Lipinski definition) is 5. The minimum Gasteiger partial charge on any atom is -0.397 e. The van der Waals surface area contributed by atoms with Gasteiger partial charge in [-0.3, -0.25) is 9.59 Å². The SMILES string of the molecule is CCN(CC)C(=O)CN(C)c1ncc(N)cc1C(N)=O. The minimum atomic E-state index is -0.623. The molecule has 0 aliphatic rings. The van der Waals surface area contributed by atoms with Crippen molar-refractivity contribution in [3.8, 4) is 0 Å². The molecular weight excluding hydrogens is 258 g/mol. The van der Waals surface area contributed by atoms with Gasteiger partial charge in [-0.2, -0.15) is 0 Å². The smallest absolute Gasteiger partial charge is 0.252 e. The van der Waals surface area contributed by atoms with Gasteiger partial charge in [-0.15, -0.1) is 0 Å². The van der Waals surface area contributed by atoms with E-state index >= 15 is 0 Å². The number of pyridine rings is 1. The molecule has 110 valence electrons. The number of anilines is 2. The molecular formula is C13H21N5O2. The second kappa shape index (κ2) is 6.74. The van der Waals surface area contributed by atoms with E-state index in [1.165, 1.54) is 12.3 Å². The number of primary amides is 1. The van der Waals surface area contributed by atoms with Crippen LogP contribution in [-0.2, 0) is 4.79 Å². The van der Waals surface area contributed by atoms with E-state index < -0.39 is 5.91 Å². The number of nitrogens with two attached hydrogens (primary N) is 2. The Morgan fingerprint density at radius 1 is 1.30 bits per heavy atom. The molecule has 0 saturated heterocycles. The first-order valence-corrected chi connectivity index (χ1v) is 6.44. The maximum Gasteiger partial charge on any atom is 0.252 e. The summed E-state index contributed by atoms with van der Waals surface area (Å²) >= 11 is 0. The van der Waals surface area contributed by atoms with Crippen LogP contribution in [0, 0.1) is 0 Å². The standard InChI is InChI=1S/C13H21N5O2/c1-4-18(5-2)11(19)8-17(3)13-10(12(15)20)6-9(14)7-16-13/h6-7H,4-5,8,14H2,1-3H3,(H2,15,20). The minimum absolute atomic E-state index is 0.0356. The summed E-state index contributed by atoms with van der Waals surface area (Å²) in [6.45, 7) is 5.23. The highest BCUT2D eigenvalue weighted by molar-refractivity contribution is 5.99. The maximum absolute atomic E-state index is 12.1. The number of aromatic nitrogens is 1. The molecule has 1 aromatic rings. The van der Waals surface area contributed by atoms with Crippen molar-refractivity contribution >= 4 is 23.3 Å². The molecule has 4 N–H and O–H groups in total. The third-order valence-corrected chi connectivity index (χ3v) is 3.00. The van der Waals surface area contributed by atoms with E-state index in [2.05, 4.69) is 4.98 Å². The fourth-order valence-corrected chi connectivity index (χ4v) is 1.91. The third kappa shape index (κ3) is 3.59. The van der Waals surface area contributed by atoms with Crippen LogP contribution in [0.2, 0.25) is 0 Å². The normalized spacial score (nSPS) is 10.2. The molecule has 0 fully saturated rings. The Balaban J connectivity index is 2.95. The highest BCUT2D eigenvalue weighted by Gasteiger charge is 2.18. The van der Waals surface area contributed by atoms with E-state index in [9.17, 15) is 9.59 Å². The molecule has 0 saturated carbocycles. The van der Waals surface area contributed by atoms with Crippen LogP contribution in [-0.4, -0.2) is 48.4 Å². The van der Waals surface area contributed by atoms with Gasteiger partial charge in [0.25, 0.3) is 5.91 Å². The lowest BCUT2D eigenvalue weighted by Crippen LogP contribution is -2.39. The van der Waals surface area contributed by atoms with Gasteiger partial charge in [0.2, 0.25) is 5.91 Å². The molecule has 0 spiro atoms.